The van der Waals surface area contributed by atoms with Crippen molar-refractivity contribution < 1.29 is 4.98 Å². The van der Waals surface area contributed by atoms with Gasteiger partial charge in [-0.1, -0.05) is 18.2 Å². The molecule has 2 heteroatoms. The number of pyridine rings is 1. The van der Waals surface area contributed by atoms with E-state index in [1.54, 1.807) is 0 Å². The summed E-state index contributed by atoms with van der Waals surface area (Å²) in [7, 11) is 4.13. The zero-order valence-corrected chi connectivity index (χ0v) is 12.4. The van der Waals surface area contributed by atoms with Crippen LogP contribution in [0.25, 0.3) is 22.9 Å². The number of nitrogens with one attached hydrogen (secondary N) is 1. The van der Waals surface area contributed by atoms with E-state index < -0.39 is 0 Å². The van der Waals surface area contributed by atoms with Crippen LogP contribution in [0.5, 0.6) is 0 Å². The highest BCUT2D eigenvalue weighted by atomic mass is 15.1. The van der Waals surface area contributed by atoms with Gasteiger partial charge in [0.2, 0.25) is 5.69 Å². The molecule has 0 unspecified atom stereocenters. The number of hydrogen-bond donors (Lipinski definition) is 0. The molecule has 0 saturated heterocycles. The summed E-state index contributed by atoms with van der Waals surface area (Å²) in [5.41, 5.74) is 3.53. The van der Waals surface area contributed by atoms with Gasteiger partial charge in [-0.2, -0.15) is 0 Å². The fourth-order valence-corrected chi connectivity index (χ4v) is 2.33. The fraction of sp³-hybridized carbons (Fsp3) is 0.105. The maximum atomic E-state index is 3.20. The summed E-state index contributed by atoms with van der Waals surface area (Å²) in [6.07, 6.45) is 6.16. The highest BCUT2D eigenvalue weighted by Gasteiger charge is 1.99. The maximum absolute atomic E-state index is 3.20. The van der Waals surface area contributed by atoms with Crippen LogP contribution in [0.1, 0.15) is 11.3 Å². The van der Waals surface area contributed by atoms with Gasteiger partial charge in [0.25, 0.3) is 0 Å². The van der Waals surface area contributed by atoms with Crippen LogP contribution in [0.3, 0.4) is 0 Å². The molecule has 0 amide bonds. The van der Waals surface area contributed by atoms with E-state index in [-0.39, 0.29) is 0 Å². The third kappa shape index (κ3) is 3.11. The van der Waals surface area contributed by atoms with Crippen LogP contribution < -0.4 is 9.88 Å². The smallest absolute Gasteiger partial charge is 0.203 e. The number of anilines is 1. The molecule has 0 bridgehead atoms. The second kappa shape index (κ2) is 5.80. The first-order chi connectivity index (χ1) is 10.2. The van der Waals surface area contributed by atoms with Gasteiger partial charge in [0, 0.05) is 38.0 Å². The number of aromatic nitrogens is 1. The van der Waals surface area contributed by atoms with Crippen LogP contribution in [-0.4, -0.2) is 14.1 Å². The SMILES string of the molecule is CN(C)c1ccc2cc(/C=C/c3cccc[nH+]3)ccc2c1. The fourth-order valence-electron chi connectivity index (χ4n) is 2.33. The first-order valence-corrected chi connectivity index (χ1v) is 7.08. The van der Waals surface area contributed by atoms with E-state index in [1.165, 1.54) is 22.0 Å². The third-order valence-corrected chi connectivity index (χ3v) is 3.55. The van der Waals surface area contributed by atoms with Gasteiger partial charge in [-0.15, -0.1) is 0 Å². The van der Waals surface area contributed by atoms with E-state index in [0.717, 1.165) is 5.69 Å². The number of benzene rings is 2. The van der Waals surface area contributed by atoms with Crippen LogP contribution >= 0.6 is 0 Å². The van der Waals surface area contributed by atoms with Gasteiger partial charge < -0.3 is 4.90 Å². The van der Waals surface area contributed by atoms with Crippen LogP contribution in [0.4, 0.5) is 5.69 Å². The van der Waals surface area contributed by atoms with Crippen LogP contribution in [0.2, 0.25) is 0 Å². The molecule has 0 aliphatic heterocycles. The standard InChI is InChI=1S/C19H18N2/c1-21(2)19-11-9-16-13-15(6-8-17(16)14-19)7-10-18-5-3-4-12-20-18/h3-14H,1-2H3/p+1/b10-7+. The number of nitrogens with zero attached hydrogens (tertiary/aromatic N) is 1. The lowest BCUT2D eigenvalue weighted by atomic mass is 10.1. The van der Waals surface area contributed by atoms with E-state index in [2.05, 4.69) is 78.6 Å². The normalized spacial score (nSPS) is 11.1. The lowest BCUT2D eigenvalue weighted by molar-refractivity contribution is -0.380. The highest BCUT2D eigenvalue weighted by molar-refractivity contribution is 5.88. The molecule has 3 rings (SSSR count). The number of H-pyrrole nitrogens is 1. The van der Waals surface area contributed by atoms with Crippen molar-refractivity contribution in [3.8, 4) is 0 Å². The minimum atomic E-state index is 1.10. The van der Waals surface area contributed by atoms with Gasteiger partial charge in [0.1, 0.15) is 0 Å². The summed E-state index contributed by atoms with van der Waals surface area (Å²) in [4.78, 5) is 5.33. The predicted molar refractivity (Wildman–Crippen MR) is 90.2 cm³/mol. The van der Waals surface area contributed by atoms with Gasteiger partial charge in [-0.05, 0) is 46.7 Å². The van der Waals surface area contributed by atoms with Gasteiger partial charge in [0.05, 0.1) is 0 Å². The van der Waals surface area contributed by atoms with Crippen molar-refractivity contribution in [2.45, 2.75) is 0 Å². The minimum absolute atomic E-state index is 1.10. The average Bonchev–Trinajstić information content (AvgIpc) is 2.53. The Bertz CT molecular complexity index is 774. The molecule has 0 atom stereocenters. The Morgan fingerprint density at radius 2 is 1.67 bits per heavy atom. The van der Waals surface area contributed by atoms with Crippen LogP contribution in [0, 0.1) is 0 Å². The summed E-state index contributed by atoms with van der Waals surface area (Å²) in [5, 5.41) is 2.53. The first kappa shape index (κ1) is 13.4. The second-order valence-electron chi connectivity index (χ2n) is 5.34. The molecular weight excluding hydrogens is 256 g/mol. The molecule has 0 saturated carbocycles. The Balaban J connectivity index is 1.91. The predicted octanol–water partition coefficient (Wildman–Crippen LogP) is 3.89. The first-order valence-electron chi connectivity index (χ1n) is 7.08. The van der Waals surface area contributed by atoms with E-state index in [4.69, 9.17) is 0 Å². The number of hydrogen-bond acceptors (Lipinski definition) is 1. The maximum Gasteiger partial charge on any atom is 0.203 e. The van der Waals surface area contributed by atoms with Crippen molar-refractivity contribution in [3.05, 3.63) is 72.1 Å². The van der Waals surface area contributed by atoms with Gasteiger partial charge >= 0.3 is 0 Å². The van der Waals surface area contributed by atoms with Gasteiger partial charge in [-0.3, -0.25) is 0 Å². The molecule has 0 fully saturated rings. The summed E-state index contributed by atoms with van der Waals surface area (Å²) in [5.74, 6) is 0. The number of fused-ring (bicyclic) bond motifs is 1. The monoisotopic (exact) mass is 275 g/mol. The zero-order chi connectivity index (χ0) is 14.7. The Morgan fingerprint density at radius 3 is 2.43 bits per heavy atom. The summed E-state index contributed by atoms with van der Waals surface area (Å²) in [6.45, 7) is 0. The Hall–Kier alpha value is -2.61. The molecule has 0 spiro atoms. The van der Waals surface area contributed by atoms with Crippen molar-refractivity contribution in [3.63, 3.8) is 0 Å². The van der Waals surface area contributed by atoms with Crippen molar-refractivity contribution >= 4 is 28.6 Å². The molecule has 104 valence electrons. The number of rotatable bonds is 3. The molecule has 3 aromatic rings. The van der Waals surface area contributed by atoms with Crippen molar-refractivity contribution in [2.24, 2.45) is 0 Å². The molecule has 0 aliphatic rings. The largest absolute Gasteiger partial charge is 0.378 e. The Morgan fingerprint density at radius 1 is 0.857 bits per heavy atom. The highest BCUT2D eigenvalue weighted by Crippen LogP contribution is 2.22. The molecule has 2 nitrogen and oxygen atoms in total. The molecule has 1 heterocycles. The van der Waals surface area contributed by atoms with E-state index in [9.17, 15) is 0 Å². The lowest BCUT2D eigenvalue weighted by Crippen LogP contribution is -2.07. The average molecular weight is 275 g/mol. The summed E-state index contributed by atoms with van der Waals surface area (Å²) < 4.78 is 0. The topological polar surface area (TPSA) is 17.4 Å². The van der Waals surface area contributed by atoms with Gasteiger partial charge in [0.15, 0.2) is 6.20 Å². The van der Waals surface area contributed by atoms with E-state index in [0.29, 0.717) is 0 Å². The van der Waals surface area contributed by atoms with Crippen molar-refractivity contribution in [1.82, 2.24) is 0 Å². The lowest BCUT2D eigenvalue weighted by Gasteiger charge is -2.13. The molecule has 0 radical (unpaired) electrons. The Labute approximate surface area is 125 Å². The van der Waals surface area contributed by atoms with Crippen LogP contribution in [0.15, 0.2) is 60.8 Å². The van der Waals surface area contributed by atoms with Crippen LogP contribution in [-0.2, 0) is 0 Å². The zero-order valence-electron chi connectivity index (χ0n) is 12.4. The Kier molecular flexibility index (Phi) is 3.69. The molecule has 21 heavy (non-hydrogen) atoms. The molecule has 1 aromatic heterocycles. The summed E-state index contributed by atoms with van der Waals surface area (Å²) in [6, 6.07) is 19.2. The quantitative estimate of drug-likeness (QED) is 0.709. The molecule has 0 aliphatic carbocycles. The third-order valence-electron chi connectivity index (χ3n) is 3.55. The van der Waals surface area contributed by atoms with E-state index >= 15 is 0 Å². The van der Waals surface area contributed by atoms with Crippen molar-refractivity contribution in [2.75, 3.05) is 19.0 Å². The van der Waals surface area contributed by atoms with E-state index in [1.807, 2.05) is 18.3 Å². The molecule has 1 N–H and O–H groups in total. The molecular formula is C19H19N2+. The molecule has 2 aromatic carbocycles. The second-order valence-corrected chi connectivity index (χ2v) is 5.34. The van der Waals surface area contributed by atoms with Gasteiger partial charge in [-0.25, -0.2) is 4.98 Å². The number of aromatic amines is 1. The minimum Gasteiger partial charge on any atom is -0.378 e. The summed E-state index contributed by atoms with van der Waals surface area (Å²) >= 11 is 0. The van der Waals surface area contributed by atoms with Crippen molar-refractivity contribution in [1.29, 1.82) is 0 Å².